The largest absolute Gasteiger partial charge is 0.393 e. The van der Waals surface area contributed by atoms with E-state index in [2.05, 4.69) is 10.2 Å². The minimum atomic E-state index is -0.445. The van der Waals surface area contributed by atoms with Gasteiger partial charge in [-0.15, -0.1) is 0 Å². The monoisotopic (exact) mass is 264 g/mol. The average Bonchev–Trinajstić information content (AvgIpc) is 2.39. The Labute approximate surface area is 112 Å². The molecule has 1 unspecified atom stereocenters. The number of hydrogen-bond donors (Lipinski definition) is 2. The van der Waals surface area contributed by atoms with Gasteiger partial charge in [-0.05, 0) is 44.5 Å². The summed E-state index contributed by atoms with van der Waals surface area (Å²) in [6, 6.07) is 4.99. The Balaban J connectivity index is 2.13. The molecule has 1 aromatic carbocycles. The molecule has 6 heteroatoms. The highest BCUT2D eigenvalue weighted by molar-refractivity contribution is 5.66. The van der Waals surface area contributed by atoms with Crippen molar-refractivity contribution in [2.45, 2.75) is 12.8 Å². The zero-order chi connectivity index (χ0) is 13.8. The smallest absolute Gasteiger partial charge is 0.292 e. The van der Waals surface area contributed by atoms with Crippen LogP contribution in [0.25, 0.3) is 0 Å². The summed E-state index contributed by atoms with van der Waals surface area (Å²) in [7, 11) is 1.96. The van der Waals surface area contributed by atoms with Gasteiger partial charge >= 0.3 is 0 Å². The average molecular weight is 264 g/mol. The topological polar surface area (TPSA) is 84.4 Å². The first-order valence-corrected chi connectivity index (χ1v) is 6.55. The predicted octanol–water partition coefficient (Wildman–Crippen LogP) is 1.61. The first kappa shape index (κ1) is 13.6. The Morgan fingerprint density at radius 2 is 2.37 bits per heavy atom. The molecule has 0 saturated carbocycles. The van der Waals surface area contributed by atoms with Crippen LogP contribution in [0.3, 0.4) is 0 Å². The van der Waals surface area contributed by atoms with E-state index in [9.17, 15) is 10.1 Å². The van der Waals surface area contributed by atoms with E-state index in [0.717, 1.165) is 31.7 Å². The number of nitrogen functional groups attached to an aromatic ring is 1. The van der Waals surface area contributed by atoms with E-state index in [1.165, 1.54) is 12.5 Å². The molecule has 6 nitrogen and oxygen atoms in total. The summed E-state index contributed by atoms with van der Waals surface area (Å²) in [6.07, 6.45) is 2.36. The normalized spacial score (nSPS) is 19.4. The molecule has 0 aliphatic carbocycles. The van der Waals surface area contributed by atoms with Crippen molar-refractivity contribution in [1.82, 2.24) is 5.32 Å². The molecule has 2 rings (SSSR count). The number of rotatable bonds is 4. The molecule has 104 valence electrons. The molecule has 1 heterocycles. The van der Waals surface area contributed by atoms with Gasteiger partial charge in [-0.25, -0.2) is 0 Å². The fraction of sp³-hybridized carbons (Fsp3) is 0.538. The van der Waals surface area contributed by atoms with E-state index < -0.39 is 4.92 Å². The lowest BCUT2D eigenvalue weighted by Crippen LogP contribution is -2.39. The van der Waals surface area contributed by atoms with Gasteiger partial charge in [-0.3, -0.25) is 10.1 Å². The van der Waals surface area contributed by atoms with Crippen LogP contribution in [-0.4, -0.2) is 31.6 Å². The fourth-order valence-corrected chi connectivity index (χ4v) is 2.66. The molecule has 0 aromatic heterocycles. The third-order valence-corrected chi connectivity index (χ3v) is 3.58. The number of hydrogen-bond acceptors (Lipinski definition) is 5. The van der Waals surface area contributed by atoms with Crippen LogP contribution in [0.15, 0.2) is 18.2 Å². The van der Waals surface area contributed by atoms with E-state index in [1.54, 1.807) is 12.1 Å². The molecular weight excluding hydrogens is 244 g/mol. The number of nitro benzene ring substituents is 1. The Morgan fingerprint density at radius 1 is 1.58 bits per heavy atom. The maximum Gasteiger partial charge on any atom is 0.292 e. The van der Waals surface area contributed by atoms with Gasteiger partial charge in [0, 0.05) is 24.8 Å². The number of nitrogens with two attached hydrogens (primary N) is 1. The van der Waals surface area contributed by atoms with Crippen molar-refractivity contribution < 1.29 is 4.92 Å². The number of anilines is 2. The number of benzene rings is 1. The molecule has 0 bridgehead atoms. The van der Waals surface area contributed by atoms with Gasteiger partial charge in [0.05, 0.1) is 4.92 Å². The van der Waals surface area contributed by atoms with E-state index in [4.69, 9.17) is 5.73 Å². The third kappa shape index (κ3) is 3.14. The number of nitrogens with one attached hydrogen (secondary N) is 1. The van der Waals surface area contributed by atoms with Crippen molar-refractivity contribution in [1.29, 1.82) is 0 Å². The van der Waals surface area contributed by atoms with Gasteiger partial charge in [0.25, 0.3) is 5.69 Å². The van der Waals surface area contributed by atoms with Gasteiger partial charge in [0.15, 0.2) is 0 Å². The van der Waals surface area contributed by atoms with Crippen LogP contribution in [0, 0.1) is 16.0 Å². The first-order valence-electron chi connectivity index (χ1n) is 6.55. The summed E-state index contributed by atoms with van der Waals surface area (Å²) >= 11 is 0. The van der Waals surface area contributed by atoms with Gasteiger partial charge < -0.3 is 16.0 Å². The fourth-order valence-electron chi connectivity index (χ4n) is 2.66. The van der Waals surface area contributed by atoms with Crippen LogP contribution >= 0.6 is 0 Å². The lowest BCUT2D eigenvalue weighted by atomic mass is 9.97. The highest BCUT2D eigenvalue weighted by Crippen LogP contribution is 2.29. The van der Waals surface area contributed by atoms with Gasteiger partial charge in [0.2, 0.25) is 0 Å². The molecule has 0 spiro atoms. The number of nitrogens with zero attached hydrogens (tertiary/aromatic N) is 2. The summed E-state index contributed by atoms with van der Waals surface area (Å²) in [6.45, 7) is 2.95. The predicted molar refractivity (Wildman–Crippen MR) is 76.4 cm³/mol. The zero-order valence-electron chi connectivity index (χ0n) is 11.1. The molecule has 0 amide bonds. The molecule has 3 N–H and O–H groups in total. The maximum absolute atomic E-state index is 10.8. The van der Waals surface area contributed by atoms with Crippen LogP contribution in [0.2, 0.25) is 0 Å². The van der Waals surface area contributed by atoms with E-state index in [1.807, 2.05) is 7.05 Å². The maximum atomic E-state index is 10.8. The van der Waals surface area contributed by atoms with Crippen LogP contribution < -0.4 is 16.0 Å². The van der Waals surface area contributed by atoms with Crippen molar-refractivity contribution in [2.75, 3.05) is 37.3 Å². The van der Waals surface area contributed by atoms with Crippen LogP contribution in [0.1, 0.15) is 12.8 Å². The van der Waals surface area contributed by atoms with Crippen molar-refractivity contribution >= 4 is 17.1 Å². The van der Waals surface area contributed by atoms with Crippen molar-refractivity contribution in [3.05, 3.63) is 28.3 Å². The third-order valence-electron chi connectivity index (χ3n) is 3.58. The molecule has 1 aliphatic heterocycles. The Morgan fingerprint density at radius 3 is 3.00 bits per heavy atom. The van der Waals surface area contributed by atoms with E-state index in [0.29, 0.717) is 5.92 Å². The van der Waals surface area contributed by atoms with Crippen molar-refractivity contribution in [2.24, 2.45) is 5.92 Å². The SMILES string of the molecule is CNCC1CCCN(c2ccc([N+](=O)[O-])c(N)c2)C1. The van der Waals surface area contributed by atoms with Crippen molar-refractivity contribution in [3.8, 4) is 0 Å². The second kappa shape index (κ2) is 5.88. The number of piperidine rings is 1. The highest BCUT2D eigenvalue weighted by Gasteiger charge is 2.21. The quantitative estimate of drug-likeness (QED) is 0.490. The van der Waals surface area contributed by atoms with Crippen LogP contribution in [-0.2, 0) is 0 Å². The Bertz CT molecular complexity index is 462. The van der Waals surface area contributed by atoms with Gasteiger partial charge in [0.1, 0.15) is 5.69 Å². The zero-order valence-corrected chi connectivity index (χ0v) is 11.1. The minimum Gasteiger partial charge on any atom is -0.393 e. The molecule has 19 heavy (non-hydrogen) atoms. The molecule has 1 fully saturated rings. The number of nitro groups is 1. The van der Waals surface area contributed by atoms with Crippen LogP contribution in [0.4, 0.5) is 17.1 Å². The van der Waals surface area contributed by atoms with Crippen molar-refractivity contribution in [3.63, 3.8) is 0 Å². The molecule has 1 saturated heterocycles. The standard InChI is InChI=1S/C13H20N4O2/c1-15-8-10-3-2-6-16(9-10)11-4-5-13(17(18)19)12(14)7-11/h4-5,7,10,15H,2-3,6,8-9,14H2,1H3. The van der Waals surface area contributed by atoms with Crippen LogP contribution in [0.5, 0.6) is 0 Å². The second-order valence-corrected chi connectivity index (χ2v) is 5.01. The molecule has 0 radical (unpaired) electrons. The summed E-state index contributed by atoms with van der Waals surface area (Å²) < 4.78 is 0. The molecule has 1 aromatic rings. The summed E-state index contributed by atoms with van der Waals surface area (Å²) in [5.41, 5.74) is 6.93. The lowest BCUT2D eigenvalue weighted by Gasteiger charge is -2.34. The van der Waals surface area contributed by atoms with Gasteiger partial charge in [-0.1, -0.05) is 0 Å². The lowest BCUT2D eigenvalue weighted by molar-refractivity contribution is -0.383. The second-order valence-electron chi connectivity index (χ2n) is 5.01. The van der Waals surface area contributed by atoms with Gasteiger partial charge in [-0.2, -0.15) is 0 Å². The summed E-state index contributed by atoms with van der Waals surface area (Å²) in [4.78, 5) is 12.6. The summed E-state index contributed by atoms with van der Waals surface area (Å²) in [5.74, 6) is 0.621. The molecular formula is C13H20N4O2. The Kier molecular flexibility index (Phi) is 4.21. The molecule has 1 aliphatic rings. The first-order chi connectivity index (χ1) is 9.11. The van der Waals surface area contributed by atoms with E-state index in [-0.39, 0.29) is 11.4 Å². The Hall–Kier alpha value is -1.82. The summed E-state index contributed by atoms with van der Waals surface area (Å²) in [5, 5.41) is 14.0. The van der Waals surface area contributed by atoms with E-state index >= 15 is 0 Å². The minimum absolute atomic E-state index is 0.0208. The molecule has 1 atom stereocenters. The highest BCUT2D eigenvalue weighted by atomic mass is 16.6.